The molecule has 1 unspecified atom stereocenters. The Morgan fingerprint density at radius 3 is 2.38 bits per heavy atom. The van der Waals surface area contributed by atoms with Gasteiger partial charge in [0.25, 0.3) is 0 Å². The maximum absolute atomic E-state index is 12.1. The first-order valence-electron chi connectivity index (χ1n) is 13.3. The van der Waals surface area contributed by atoms with Crippen molar-refractivity contribution in [2.45, 2.75) is 58.5 Å². The van der Waals surface area contributed by atoms with Gasteiger partial charge in [-0.25, -0.2) is 9.97 Å². The third-order valence-electron chi connectivity index (χ3n) is 7.01. The van der Waals surface area contributed by atoms with Gasteiger partial charge in [-0.3, -0.25) is 4.79 Å². The van der Waals surface area contributed by atoms with Gasteiger partial charge in [-0.05, 0) is 67.1 Å². The van der Waals surface area contributed by atoms with Crippen molar-refractivity contribution in [1.29, 1.82) is 0 Å². The van der Waals surface area contributed by atoms with E-state index in [1.165, 1.54) is 18.2 Å². The highest BCUT2D eigenvalue weighted by atomic mass is 35.5. The molecule has 0 bridgehead atoms. The largest absolute Gasteiger partial charge is 0.371 e. The van der Waals surface area contributed by atoms with E-state index in [0.29, 0.717) is 29.4 Å². The summed E-state index contributed by atoms with van der Waals surface area (Å²) in [7, 11) is 2.17. The molecular weight excluding hydrogens is 510 g/mol. The molecule has 0 saturated heterocycles. The lowest BCUT2D eigenvalue weighted by atomic mass is 9.80. The van der Waals surface area contributed by atoms with Gasteiger partial charge in [0.05, 0.1) is 23.5 Å². The smallest absolute Gasteiger partial charge is 0.224 e. The van der Waals surface area contributed by atoms with E-state index in [2.05, 4.69) is 83.3 Å². The SMILES string of the molecule is C=CCCCC(=O)Nc1ccc(-c2ccc3c(c2)C(Nc2ncc(Cl)cn2)[C@H](C)[C@H](CC)N3C)cc1.CC=O. The van der Waals surface area contributed by atoms with Crippen molar-refractivity contribution in [3.63, 3.8) is 0 Å². The Morgan fingerprint density at radius 1 is 1.13 bits per heavy atom. The van der Waals surface area contributed by atoms with Gasteiger partial charge in [-0.15, -0.1) is 6.58 Å². The molecule has 0 spiro atoms. The molecule has 4 rings (SSSR count). The molecule has 2 aromatic carbocycles. The molecule has 0 aliphatic carbocycles. The van der Waals surface area contributed by atoms with Crippen LogP contribution in [-0.4, -0.2) is 35.3 Å². The average Bonchev–Trinajstić information content (AvgIpc) is 2.93. The lowest BCUT2D eigenvalue weighted by molar-refractivity contribution is -0.116. The number of unbranched alkanes of at least 4 members (excludes halogenated alkanes) is 1. The number of anilines is 3. The molecule has 2 N–H and O–H groups in total. The van der Waals surface area contributed by atoms with Crippen molar-refractivity contribution >= 4 is 41.1 Å². The van der Waals surface area contributed by atoms with Crippen molar-refractivity contribution in [3.05, 3.63) is 78.1 Å². The zero-order chi connectivity index (χ0) is 28.4. The normalized spacial score (nSPS) is 17.8. The molecule has 2 heterocycles. The Hall–Kier alpha value is -3.71. The van der Waals surface area contributed by atoms with E-state index < -0.39 is 0 Å². The first-order chi connectivity index (χ1) is 18.8. The summed E-state index contributed by atoms with van der Waals surface area (Å²) in [6, 6.07) is 15.1. The van der Waals surface area contributed by atoms with Crippen LogP contribution in [0.1, 0.15) is 58.1 Å². The Morgan fingerprint density at radius 2 is 1.77 bits per heavy atom. The molecular formula is C31H38ClN5O2. The van der Waals surface area contributed by atoms with Gasteiger partial charge in [0, 0.05) is 36.8 Å². The summed E-state index contributed by atoms with van der Waals surface area (Å²) in [6.45, 7) is 9.65. The number of nitrogens with zero attached hydrogens (tertiary/aromatic N) is 3. The molecule has 1 aliphatic heterocycles. The molecule has 1 aliphatic rings. The van der Waals surface area contributed by atoms with Crippen LogP contribution in [0, 0.1) is 5.92 Å². The van der Waals surface area contributed by atoms with E-state index in [-0.39, 0.29) is 11.9 Å². The summed E-state index contributed by atoms with van der Waals surface area (Å²) in [5.74, 6) is 0.931. The molecule has 8 heteroatoms. The molecule has 0 fully saturated rings. The molecule has 3 atom stereocenters. The number of carbonyl (C=O) groups is 2. The van der Waals surface area contributed by atoms with Gasteiger partial charge in [0.15, 0.2) is 0 Å². The fourth-order valence-corrected chi connectivity index (χ4v) is 5.20. The number of rotatable bonds is 9. The number of carbonyl (C=O) groups excluding carboxylic acids is 2. The topological polar surface area (TPSA) is 87.2 Å². The van der Waals surface area contributed by atoms with Gasteiger partial charge >= 0.3 is 0 Å². The fourth-order valence-electron chi connectivity index (χ4n) is 5.10. The average molecular weight is 548 g/mol. The number of allylic oxidation sites excluding steroid dienone is 1. The summed E-state index contributed by atoms with van der Waals surface area (Å²) in [4.78, 5) is 32.1. The van der Waals surface area contributed by atoms with E-state index in [1.807, 2.05) is 18.2 Å². The fraction of sp³-hybridized carbons (Fsp3) is 0.355. The number of aldehydes is 1. The zero-order valence-corrected chi connectivity index (χ0v) is 23.9. The standard InChI is InChI=1S/C29H34ClN5O.C2H4O/c1-5-7-8-9-27(36)33-23-13-10-20(11-14-23)21-12-15-26-24(16-21)28(19(3)25(6-2)35(26)4)34-29-31-17-22(30)18-32-29;1-2-3/h5,10-19,25,28H,1,6-9H2,2-4H3,(H,33,36)(H,31,32,34);2H,1H3/t19-,25+,28?;/m1./s1. The lowest BCUT2D eigenvalue weighted by Crippen LogP contribution is -2.45. The molecule has 0 saturated carbocycles. The van der Waals surface area contributed by atoms with Crippen LogP contribution in [-0.2, 0) is 9.59 Å². The zero-order valence-electron chi connectivity index (χ0n) is 23.2. The monoisotopic (exact) mass is 547 g/mol. The van der Waals surface area contributed by atoms with Crippen LogP contribution < -0.4 is 15.5 Å². The highest BCUT2D eigenvalue weighted by molar-refractivity contribution is 6.30. The number of fused-ring (bicyclic) bond motifs is 1. The van der Waals surface area contributed by atoms with Crippen LogP contribution in [0.4, 0.5) is 17.3 Å². The minimum atomic E-state index is 0.0271. The lowest BCUT2D eigenvalue weighted by Gasteiger charge is -2.45. The number of halogens is 1. The van der Waals surface area contributed by atoms with Crippen LogP contribution in [0.3, 0.4) is 0 Å². The molecule has 7 nitrogen and oxygen atoms in total. The Kier molecular flexibility index (Phi) is 11.1. The summed E-state index contributed by atoms with van der Waals surface area (Å²) >= 11 is 6.00. The maximum atomic E-state index is 12.1. The number of hydrogen-bond donors (Lipinski definition) is 2. The quantitative estimate of drug-likeness (QED) is 0.166. The van der Waals surface area contributed by atoms with Gasteiger partial charge in [0.2, 0.25) is 11.9 Å². The van der Waals surface area contributed by atoms with Crippen LogP contribution in [0.25, 0.3) is 11.1 Å². The first kappa shape index (κ1) is 29.8. The minimum absolute atomic E-state index is 0.0271. The number of hydrogen-bond acceptors (Lipinski definition) is 6. The van der Waals surface area contributed by atoms with Crippen molar-refractivity contribution in [2.75, 3.05) is 22.6 Å². The van der Waals surface area contributed by atoms with Crippen molar-refractivity contribution in [3.8, 4) is 11.1 Å². The third kappa shape index (κ3) is 7.67. The Labute approximate surface area is 236 Å². The molecule has 1 aromatic heterocycles. The molecule has 1 amide bonds. The molecule has 206 valence electrons. The van der Waals surface area contributed by atoms with Crippen LogP contribution in [0.2, 0.25) is 5.02 Å². The minimum Gasteiger partial charge on any atom is -0.371 e. The Bertz CT molecular complexity index is 1250. The van der Waals surface area contributed by atoms with Crippen molar-refractivity contribution in [2.24, 2.45) is 5.92 Å². The van der Waals surface area contributed by atoms with E-state index in [0.717, 1.165) is 42.4 Å². The number of aromatic nitrogens is 2. The van der Waals surface area contributed by atoms with Gasteiger partial charge in [-0.1, -0.05) is 49.7 Å². The van der Waals surface area contributed by atoms with Crippen LogP contribution in [0.5, 0.6) is 0 Å². The predicted molar refractivity (Wildman–Crippen MR) is 161 cm³/mol. The third-order valence-corrected chi connectivity index (χ3v) is 7.21. The predicted octanol–water partition coefficient (Wildman–Crippen LogP) is 7.31. The van der Waals surface area contributed by atoms with Crippen LogP contribution >= 0.6 is 11.6 Å². The summed E-state index contributed by atoms with van der Waals surface area (Å²) in [5.41, 5.74) is 5.44. The van der Waals surface area contributed by atoms with Crippen LogP contribution in [0.15, 0.2) is 67.5 Å². The maximum Gasteiger partial charge on any atom is 0.224 e. The van der Waals surface area contributed by atoms with Crippen molar-refractivity contribution < 1.29 is 9.59 Å². The summed E-state index contributed by atoms with van der Waals surface area (Å²) in [5, 5.41) is 7.06. The summed E-state index contributed by atoms with van der Waals surface area (Å²) in [6.07, 6.45) is 9.01. The van der Waals surface area contributed by atoms with E-state index in [9.17, 15) is 4.79 Å². The second-order valence-corrected chi connectivity index (χ2v) is 10.0. The number of benzene rings is 2. The van der Waals surface area contributed by atoms with E-state index >= 15 is 0 Å². The second kappa shape index (κ2) is 14.4. The van der Waals surface area contributed by atoms with E-state index in [1.54, 1.807) is 12.4 Å². The molecule has 0 radical (unpaired) electrons. The first-order valence-corrected chi connectivity index (χ1v) is 13.7. The second-order valence-electron chi connectivity index (χ2n) is 9.61. The van der Waals surface area contributed by atoms with Gasteiger partial charge in [-0.2, -0.15) is 0 Å². The van der Waals surface area contributed by atoms with Crippen molar-refractivity contribution in [1.82, 2.24) is 9.97 Å². The van der Waals surface area contributed by atoms with E-state index in [4.69, 9.17) is 16.4 Å². The Balaban J connectivity index is 0.00000134. The highest BCUT2D eigenvalue weighted by Crippen LogP contribution is 2.44. The molecule has 39 heavy (non-hydrogen) atoms. The highest BCUT2D eigenvalue weighted by Gasteiger charge is 2.36. The molecule has 3 aromatic rings. The van der Waals surface area contributed by atoms with Gasteiger partial charge < -0.3 is 20.3 Å². The van der Waals surface area contributed by atoms with Gasteiger partial charge in [0.1, 0.15) is 6.29 Å². The summed E-state index contributed by atoms with van der Waals surface area (Å²) < 4.78 is 0. The number of amides is 1. The number of nitrogens with one attached hydrogen (secondary N) is 2.